The van der Waals surface area contributed by atoms with E-state index in [0.717, 1.165) is 36.2 Å². The Morgan fingerprint density at radius 3 is 2.75 bits per heavy atom. The molecule has 1 heterocycles. The minimum absolute atomic E-state index is 0.234. The second kappa shape index (κ2) is 6.18. The molecule has 0 radical (unpaired) electrons. The van der Waals surface area contributed by atoms with Crippen LogP contribution in [0.2, 0.25) is 9.36 Å². The molecule has 1 rings (SSSR count). The van der Waals surface area contributed by atoms with Gasteiger partial charge in [-0.25, -0.2) is 5.43 Å². The minimum Gasteiger partial charge on any atom is -0.266 e. The summed E-state index contributed by atoms with van der Waals surface area (Å²) >= 11 is 13.1. The van der Waals surface area contributed by atoms with Gasteiger partial charge >= 0.3 is 0 Å². The van der Waals surface area contributed by atoms with Gasteiger partial charge in [-0.05, 0) is 12.8 Å². The molecular formula is C9H10Cl2N2O2S. The van der Waals surface area contributed by atoms with Crippen molar-refractivity contribution in [1.29, 1.82) is 0 Å². The predicted octanol–water partition coefficient (Wildman–Crippen LogP) is 3.81. The third-order valence-corrected chi connectivity index (χ3v) is 4.03. The highest BCUT2D eigenvalue weighted by molar-refractivity contribution is 7.18. The number of amides is 1. The predicted molar refractivity (Wildman–Crippen MR) is 66.2 cm³/mol. The van der Waals surface area contributed by atoms with E-state index in [9.17, 15) is 9.70 Å². The number of carbonyl (C=O) groups is 1. The number of hydrogen-bond acceptors (Lipinski definition) is 4. The van der Waals surface area contributed by atoms with Crippen LogP contribution >= 0.6 is 34.5 Å². The fourth-order valence-electron chi connectivity index (χ4n) is 1.22. The summed E-state index contributed by atoms with van der Waals surface area (Å²) in [5, 5.41) is 2.63. The van der Waals surface area contributed by atoms with Gasteiger partial charge in [0.25, 0.3) is 5.91 Å². The zero-order valence-electron chi connectivity index (χ0n) is 8.55. The van der Waals surface area contributed by atoms with Crippen LogP contribution in [0.5, 0.6) is 0 Å². The minimum atomic E-state index is -0.616. The number of thiophene rings is 1. The van der Waals surface area contributed by atoms with Gasteiger partial charge in [0.15, 0.2) is 0 Å². The maximum absolute atomic E-state index is 11.4. The van der Waals surface area contributed by atoms with Gasteiger partial charge in [0.2, 0.25) is 0 Å². The summed E-state index contributed by atoms with van der Waals surface area (Å²) in [6.45, 7) is 2.05. The van der Waals surface area contributed by atoms with Crippen molar-refractivity contribution in [1.82, 2.24) is 5.43 Å². The molecule has 1 aromatic rings. The Hall–Kier alpha value is -0.650. The van der Waals surface area contributed by atoms with Crippen LogP contribution in [0.3, 0.4) is 0 Å². The first-order valence-electron chi connectivity index (χ1n) is 4.71. The van der Waals surface area contributed by atoms with Crippen LogP contribution in [0, 0.1) is 4.91 Å². The number of nitrogens with zero attached hydrogens (tertiary/aromatic N) is 1. The molecule has 0 aliphatic rings. The summed E-state index contributed by atoms with van der Waals surface area (Å²) in [6.07, 6.45) is 2.69. The lowest BCUT2D eigenvalue weighted by molar-refractivity contribution is 0.0958. The normalized spacial score (nSPS) is 10.2. The van der Waals surface area contributed by atoms with Gasteiger partial charge in [-0.15, -0.1) is 16.2 Å². The third-order valence-electron chi connectivity index (χ3n) is 2.03. The second-order valence-corrected chi connectivity index (χ2v) is 5.13. The van der Waals surface area contributed by atoms with Gasteiger partial charge in [0.1, 0.15) is 4.88 Å². The van der Waals surface area contributed by atoms with Crippen LogP contribution < -0.4 is 5.43 Å². The molecule has 88 valence electrons. The highest BCUT2D eigenvalue weighted by atomic mass is 35.5. The molecule has 16 heavy (non-hydrogen) atoms. The van der Waals surface area contributed by atoms with Crippen molar-refractivity contribution in [2.45, 2.75) is 26.2 Å². The van der Waals surface area contributed by atoms with Gasteiger partial charge < -0.3 is 0 Å². The molecule has 0 aliphatic carbocycles. The van der Waals surface area contributed by atoms with Gasteiger partial charge in [-0.2, -0.15) is 0 Å². The molecule has 7 heteroatoms. The third kappa shape index (κ3) is 2.93. The summed E-state index contributed by atoms with van der Waals surface area (Å²) < 4.78 is 0.495. The first kappa shape index (κ1) is 13.4. The van der Waals surface area contributed by atoms with E-state index in [-0.39, 0.29) is 4.88 Å². The highest BCUT2D eigenvalue weighted by Crippen LogP contribution is 2.37. The van der Waals surface area contributed by atoms with Gasteiger partial charge in [-0.3, -0.25) is 4.79 Å². The molecule has 0 spiro atoms. The Morgan fingerprint density at radius 2 is 2.19 bits per heavy atom. The topological polar surface area (TPSA) is 58.5 Å². The zero-order chi connectivity index (χ0) is 12.1. The smallest absolute Gasteiger partial charge is 0.266 e. The Kier molecular flexibility index (Phi) is 5.18. The molecule has 1 amide bonds. The maximum atomic E-state index is 11.4. The monoisotopic (exact) mass is 280 g/mol. The molecule has 1 aromatic heterocycles. The van der Waals surface area contributed by atoms with Gasteiger partial charge in [-0.1, -0.05) is 36.5 Å². The number of nitrogens with one attached hydrogen (secondary N) is 1. The van der Waals surface area contributed by atoms with E-state index in [4.69, 9.17) is 23.2 Å². The molecule has 1 N–H and O–H groups in total. The Balaban J connectivity index is 2.96. The van der Waals surface area contributed by atoms with Crippen molar-refractivity contribution in [2.24, 2.45) is 5.29 Å². The van der Waals surface area contributed by atoms with Crippen molar-refractivity contribution < 1.29 is 4.79 Å². The number of hydrogen-bond donors (Lipinski definition) is 1. The van der Waals surface area contributed by atoms with Crippen molar-refractivity contribution in [3.05, 3.63) is 24.7 Å². The summed E-state index contributed by atoms with van der Waals surface area (Å²) in [4.78, 5) is 21.5. The number of halogens is 2. The lowest BCUT2D eigenvalue weighted by Gasteiger charge is -1.98. The quantitative estimate of drug-likeness (QED) is 0.659. The molecule has 0 bridgehead atoms. The first-order valence-corrected chi connectivity index (χ1v) is 6.28. The van der Waals surface area contributed by atoms with E-state index in [1.54, 1.807) is 5.43 Å². The van der Waals surface area contributed by atoms with Crippen LogP contribution in [0.4, 0.5) is 0 Å². The van der Waals surface area contributed by atoms with Crippen LogP contribution in [0.15, 0.2) is 5.29 Å². The zero-order valence-corrected chi connectivity index (χ0v) is 10.9. The molecule has 0 aliphatic heterocycles. The van der Waals surface area contributed by atoms with Crippen molar-refractivity contribution >= 4 is 40.4 Å². The van der Waals surface area contributed by atoms with E-state index < -0.39 is 5.91 Å². The summed E-state index contributed by atoms with van der Waals surface area (Å²) in [5.41, 5.74) is 2.57. The average molecular weight is 281 g/mol. The van der Waals surface area contributed by atoms with Crippen LogP contribution in [0.25, 0.3) is 0 Å². The summed E-state index contributed by atoms with van der Waals surface area (Å²) in [6, 6.07) is 0. The van der Waals surface area contributed by atoms with Crippen LogP contribution in [-0.4, -0.2) is 5.91 Å². The second-order valence-electron chi connectivity index (χ2n) is 3.13. The Morgan fingerprint density at radius 1 is 1.50 bits per heavy atom. The SMILES string of the molecule is CCCCc1c(Cl)sc(C(=O)NN=O)c1Cl. The standard InChI is InChI=1S/C9H10Cl2N2O2S/c1-2-3-4-5-6(10)7(16-8(5)11)9(14)12-13-15/h2-4H2,1H3,(H,12,14,15). The van der Waals surface area contributed by atoms with Crippen LogP contribution in [0.1, 0.15) is 35.0 Å². The maximum Gasteiger partial charge on any atom is 0.285 e. The lowest BCUT2D eigenvalue weighted by atomic mass is 10.1. The number of unbranched alkanes of at least 4 members (excludes halogenated alkanes) is 1. The highest BCUT2D eigenvalue weighted by Gasteiger charge is 2.20. The van der Waals surface area contributed by atoms with E-state index in [0.29, 0.717) is 9.36 Å². The van der Waals surface area contributed by atoms with Gasteiger partial charge in [0.05, 0.1) is 14.6 Å². The molecule has 0 fully saturated rings. The van der Waals surface area contributed by atoms with E-state index >= 15 is 0 Å². The fourth-order valence-corrected chi connectivity index (χ4v) is 2.99. The fraction of sp³-hybridized carbons (Fsp3) is 0.444. The average Bonchev–Trinajstić information content (AvgIpc) is 2.53. The van der Waals surface area contributed by atoms with Crippen molar-refractivity contribution in [3.63, 3.8) is 0 Å². The molecule has 0 aromatic carbocycles. The molecule has 0 saturated carbocycles. The molecular weight excluding hydrogens is 271 g/mol. The Labute approximate surface area is 107 Å². The van der Waals surface area contributed by atoms with Gasteiger partial charge in [0, 0.05) is 5.56 Å². The number of carbonyl (C=O) groups excluding carboxylic acids is 1. The van der Waals surface area contributed by atoms with E-state index in [1.807, 2.05) is 0 Å². The van der Waals surface area contributed by atoms with Crippen LogP contribution in [-0.2, 0) is 6.42 Å². The molecule has 4 nitrogen and oxygen atoms in total. The van der Waals surface area contributed by atoms with Crippen molar-refractivity contribution in [2.75, 3.05) is 0 Å². The largest absolute Gasteiger partial charge is 0.285 e. The number of nitroso groups, excluding NO2 is 1. The first-order chi connectivity index (χ1) is 7.61. The lowest BCUT2D eigenvalue weighted by Crippen LogP contribution is -2.15. The Bertz CT molecular complexity index is 406. The molecule has 0 unspecified atom stereocenters. The summed E-state index contributed by atoms with van der Waals surface area (Å²) in [5.74, 6) is -0.616. The van der Waals surface area contributed by atoms with Crippen molar-refractivity contribution in [3.8, 4) is 0 Å². The van der Waals surface area contributed by atoms with E-state index in [2.05, 4.69) is 12.2 Å². The number of rotatable bonds is 5. The van der Waals surface area contributed by atoms with E-state index in [1.165, 1.54) is 0 Å². The summed E-state index contributed by atoms with van der Waals surface area (Å²) in [7, 11) is 0. The molecule has 0 atom stereocenters. The molecule has 0 saturated heterocycles.